The number of hydrogen-bond acceptors (Lipinski definition) is 15. The van der Waals surface area contributed by atoms with E-state index in [0.717, 1.165) is 9.62 Å². The third-order valence-corrected chi connectivity index (χ3v) is 5.71. The molecule has 0 aromatic rings. The molecule has 10 N–H and O–H groups in total. The number of hydroxylamine groups is 1. The fraction of sp³-hybridized carbons (Fsp3) is 0.700. The van der Waals surface area contributed by atoms with Crippen molar-refractivity contribution in [3.63, 3.8) is 0 Å². The van der Waals surface area contributed by atoms with Crippen molar-refractivity contribution < 1.29 is 54.6 Å². The topological polar surface area (TPSA) is 302 Å². The van der Waals surface area contributed by atoms with Gasteiger partial charge >= 0.3 is 32.8 Å². The van der Waals surface area contributed by atoms with Gasteiger partial charge in [-0.2, -0.15) is 21.6 Å². The van der Waals surface area contributed by atoms with Gasteiger partial charge in [0, 0.05) is 0 Å². The maximum absolute atomic E-state index is 12.6. The van der Waals surface area contributed by atoms with Gasteiger partial charge in [-0.3, -0.25) is 19.6 Å². The van der Waals surface area contributed by atoms with E-state index in [-0.39, 0.29) is 4.74 Å². The molecule has 0 bridgehead atoms. The number of guanidine groups is 2. The second-order valence-electron chi connectivity index (χ2n) is 6.63. The summed E-state index contributed by atoms with van der Waals surface area (Å²) < 4.78 is 71.0. The lowest BCUT2D eigenvalue weighted by Gasteiger charge is -2.47. The van der Waals surface area contributed by atoms with E-state index >= 15 is 0 Å². The van der Waals surface area contributed by atoms with Gasteiger partial charge in [0.15, 0.2) is 18.1 Å². The molecule has 1 fully saturated rings. The Morgan fingerprint density at radius 3 is 2.52 bits per heavy atom. The summed E-state index contributed by atoms with van der Waals surface area (Å²) >= 11 is 0. The molecule has 3 aliphatic rings. The Labute approximate surface area is 173 Å². The van der Waals surface area contributed by atoms with Gasteiger partial charge in [-0.1, -0.05) is 0 Å². The molecule has 21 heteroatoms. The van der Waals surface area contributed by atoms with Gasteiger partial charge in [0.1, 0.15) is 19.2 Å². The SMILES string of the molecule is NC1=NC2C(COC(=O)NS(=O)(=O)O)[N+]([O-])=C(N)N3CC(OS(=O)(=O)O)C(O)(O)C23N1. The average Bonchev–Trinajstić information content (AvgIpc) is 3.02. The summed E-state index contributed by atoms with van der Waals surface area (Å²) in [5.74, 6) is -4.41. The molecule has 0 saturated carbocycles. The van der Waals surface area contributed by atoms with Gasteiger partial charge in [-0.25, -0.2) is 18.9 Å². The Bertz CT molecular complexity index is 1070. The van der Waals surface area contributed by atoms with Crippen LogP contribution in [0.25, 0.3) is 0 Å². The molecular formula is C10H17N7O12S2. The van der Waals surface area contributed by atoms with Crippen LogP contribution in [0.5, 0.6) is 0 Å². The van der Waals surface area contributed by atoms with Crippen molar-refractivity contribution in [3.8, 4) is 0 Å². The Morgan fingerprint density at radius 2 is 1.97 bits per heavy atom. The van der Waals surface area contributed by atoms with Crippen molar-refractivity contribution in [2.75, 3.05) is 13.2 Å². The van der Waals surface area contributed by atoms with Crippen LogP contribution in [-0.4, -0.2) is 107 Å². The van der Waals surface area contributed by atoms with Gasteiger partial charge in [0.2, 0.25) is 5.66 Å². The first-order valence-electron chi connectivity index (χ1n) is 8.00. The van der Waals surface area contributed by atoms with Crippen molar-refractivity contribution in [2.24, 2.45) is 16.5 Å². The molecule has 176 valence electrons. The maximum atomic E-state index is 12.6. The van der Waals surface area contributed by atoms with E-state index < -0.39 is 81.5 Å². The first-order valence-corrected chi connectivity index (χ1v) is 10.8. The van der Waals surface area contributed by atoms with Crippen LogP contribution in [0.4, 0.5) is 4.79 Å². The van der Waals surface area contributed by atoms with Gasteiger partial charge in [0.25, 0.3) is 5.79 Å². The number of rotatable bonds is 5. The van der Waals surface area contributed by atoms with E-state index in [1.54, 1.807) is 0 Å². The van der Waals surface area contributed by atoms with E-state index in [1.165, 1.54) is 0 Å². The van der Waals surface area contributed by atoms with Crippen molar-refractivity contribution in [2.45, 2.75) is 29.6 Å². The highest BCUT2D eigenvalue weighted by molar-refractivity contribution is 7.84. The molecule has 31 heavy (non-hydrogen) atoms. The minimum atomic E-state index is -5.19. The number of aliphatic imine (C=N–C) groups is 1. The minimum absolute atomic E-state index is 0.0271. The fourth-order valence-electron chi connectivity index (χ4n) is 3.72. The van der Waals surface area contributed by atoms with Crippen molar-refractivity contribution in [1.82, 2.24) is 14.9 Å². The first-order chi connectivity index (χ1) is 14.0. The summed E-state index contributed by atoms with van der Waals surface area (Å²) in [6, 6.07) is -3.26. The lowest BCUT2D eigenvalue weighted by atomic mass is 9.86. The Morgan fingerprint density at radius 1 is 1.35 bits per heavy atom. The van der Waals surface area contributed by atoms with Crippen molar-refractivity contribution >= 4 is 38.7 Å². The molecule has 1 saturated heterocycles. The van der Waals surface area contributed by atoms with Crippen LogP contribution >= 0.6 is 0 Å². The predicted molar refractivity (Wildman–Crippen MR) is 94.2 cm³/mol. The molecule has 3 aliphatic heterocycles. The molecule has 4 atom stereocenters. The molecule has 0 aromatic heterocycles. The molecule has 0 radical (unpaired) electrons. The van der Waals surface area contributed by atoms with Crippen molar-refractivity contribution in [1.29, 1.82) is 0 Å². The zero-order valence-corrected chi connectivity index (χ0v) is 16.6. The first kappa shape index (κ1) is 23.0. The van der Waals surface area contributed by atoms with E-state index in [1.807, 2.05) is 0 Å². The van der Waals surface area contributed by atoms with Crippen LogP contribution in [0.15, 0.2) is 4.99 Å². The maximum Gasteiger partial charge on any atom is 0.422 e. The number of aliphatic hydroxyl groups is 2. The highest BCUT2D eigenvalue weighted by Crippen LogP contribution is 2.45. The number of hydrogen-bond donors (Lipinski definition) is 8. The smallest absolute Gasteiger partial charge is 0.422 e. The highest BCUT2D eigenvalue weighted by Gasteiger charge is 2.78. The van der Waals surface area contributed by atoms with Crippen LogP contribution in [0.3, 0.4) is 0 Å². The normalized spacial score (nSPS) is 32.1. The second kappa shape index (κ2) is 6.91. The molecular weight excluding hydrogens is 474 g/mol. The molecule has 3 heterocycles. The lowest BCUT2D eigenvalue weighted by molar-refractivity contribution is -0.529. The number of carbonyl (C=O) groups excluding carboxylic acids is 1. The zero-order valence-electron chi connectivity index (χ0n) is 15.0. The molecule has 19 nitrogen and oxygen atoms in total. The molecule has 3 rings (SSSR count). The van der Waals surface area contributed by atoms with E-state index in [0.29, 0.717) is 0 Å². The van der Waals surface area contributed by atoms with Gasteiger partial charge < -0.3 is 31.2 Å². The molecule has 4 unspecified atom stereocenters. The molecule has 1 spiro atoms. The quantitative estimate of drug-likeness (QED) is 0.0767. The summed E-state index contributed by atoms with van der Waals surface area (Å²) in [5.41, 5.74) is 9.04. The Hall–Kier alpha value is -2.69. The number of amides is 1. The fourth-order valence-corrected chi connectivity index (χ4v) is 4.48. The summed E-state index contributed by atoms with van der Waals surface area (Å²) in [4.78, 5) is 16.1. The molecule has 0 aliphatic carbocycles. The van der Waals surface area contributed by atoms with E-state index in [4.69, 9.17) is 20.6 Å². The van der Waals surface area contributed by atoms with E-state index in [9.17, 15) is 37.1 Å². The van der Waals surface area contributed by atoms with Crippen LogP contribution in [-0.2, 0) is 29.6 Å². The Kier molecular flexibility index (Phi) is 5.12. The van der Waals surface area contributed by atoms with Crippen LogP contribution in [0.2, 0.25) is 0 Å². The molecule has 0 aromatic carbocycles. The summed E-state index contributed by atoms with van der Waals surface area (Å²) in [7, 11) is -10.2. The summed E-state index contributed by atoms with van der Waals surface area (Å²) in [6.45, 7) is -1.70. The monoisotopic (exact) mass is 491 g/mol. The van der Waals surface area contributed by atoms with Crippen LogP contribution in [0, 0.1) is 5.21 Å². The average molecular weight is 491 g/mol. The number of nitrogens with one attached hydrogen (secondary N) is 2. The number of ether oxygens (including phenoxy) is 1. The largest absolute Gasteiger partial charge is 0.744 e. The molecule has 1 amide bonds. The Balaban J connectivity index is 1.99. The van der Waals surface area contributed by atoms with E-state index in [2.05, 4.69) is 19.2 Å². The van der Waals surface area contributed by atoms with Gasteiger partial charge in [-0.15, -0.1) is 0 Å². The third kappa shape index (κ3) is 3.75. The van der Waals surface area contributed by atoms with Crippen LogP contribution in [0.1, 0.15) is 0 Å². The van der Waals surface area contributed by atoms with Crippen molar-refractivity contribution in [3.05, 3.63) is 5.21 Å². The minimum Gasteiger partial charge on any atom is -0.744 e. The standard InChI is InChI=1S/C10H17N7O12S2/c11-6-13-5-3(2-28-8(18)15-30(22,23)24)17(21)7(12)16-1-4(29-31(25,26)27)10(19,20)9(5,16)14-6/h3-5,19-20H,1-2,12H2,(H,15,18)(H3,11,13,14)(H,22,23,24)(H,25,26,27). The number of nitrogens with two attached hydrogens (primary N) is 2. The summed E-state index contributed by atoms with van der Waals surface area (Å²) in [5, 5.41) is 36.5. The number of nitrogens with zero attached hydrogens (tertiary/aromatic N) is 3. The van der Waals surface area contributed by atoms with Gasteiger partial charge in [-0.05, 0) is 0 Å². The van der Waals surface area contributed by atoms with Crippen LogP contribution < -0.4 is 21.5 Å². The third-order valence-electron chi connectivity index (χ3n) is 4.81. The summed E-state index contributed by atoms with van der Waals surface area (Å²) in [6.07, 6.45) is -3.78. The van der Waals surface area contributed by atoms with Gasteiger partial charge in [0.05, 0.1) is 0 Å². The predicted octanol–water partition coefficient (Wildman–Crippen LogP) is -6.11. The highest BCUT2D eigenvalue weighted by atomic mass is 32.3. The zero-order chi connectivity index (χ0) is 23.6. The second-order valence-corrected chi connectivity index (χ2v) is 8.83. The number of carbonyl (C=O) groups is 1. The lowest BCUT2D eigenvalue weighted by Crippen LogP contribution is -2.79.